The van der Waals surface area contributed by atoms with Gasteiger partial charge in [0, 0.05) is 0 Å². The minimum atomic E-state index is -0.0867. The van der Waals surface area contributed by atoms with Gasteiger partial charge < -0.3 is 9.84 Å². The maximum Gasteiger partial charge on any atom is 0.289 e. The van der Waals surface area contributed by atoms with Crippen LogP contribution in [-0.4, -0.2) is 5.11 Å². The van der Waals surface area contributed by atoms with Crippen LogP contribution >= 0.6 is 0 Å². The molecule has 0 aromatic heterocycles. The molecule has 0 aliphatic heterocycles. The third kappa shape index (κ3) is 2.23. The van der Waals surface area contributed by atoms with Gasteiger partial charge in [-0.1, -0.05) is 36.9 Å². The van der Waals surface area contributed by atoms with Gasteiger partial charge in [0.05, 0.1) is 5.57 Å². The van der Waals surface area contributed by atoms with E-state index >= 15 is 0 Å². The average molecular weight is 212 g/mol. The largest absolute Gasteiger partial charge is 0.480 e. The van der Waals surface area contributed by atoms with E-state index in [9.17, 15) is 5.11 Å². The van der Waals surface area contributed by atoms with Crippen molar-refractivity contribution in [1.29, 1.82) is 0 Å². The Balaban J connectivity index is 2.15. The molecule has 2 heteroatoms. The van der Waals surface area contributed by atoms with Crippen molar-refractivity contribution >= 4 is 6.08 Å². The normalized spacial score (nSPS) is 12.9. The minimum absolute atomic E-state index is 0.0867. The number of hydrogen-bond acceptors (Lipinski definition) is 2. The number of ether oxygens (including phenoxy) is 1. The summed E-state index contributed by atoms with van der Waals surface area (Å²) in [6.45, 7) is 3.67. The zero-order valence-corrected chi connectivity index (χ0v) is 8.76. The first-order valence-corrected chi connectivity index (χ1v) is 4.98. The maximum atomic E-state index is 9.66. The summed E-state index contributed by atoms with van der Waals surface area (Å²) >= 11 is 0. The first-order chi connectivity index (χ1) is 7.79. The molecule has 1 N–H and O–H groups in total. The van der Waals surface area contributed by atoms with E-state index in [0.717, 1.165) is 5.56 Å². The zero-order valence-electron chi connectivity index (χ0n) is 8.76. The summed E-state index contributed by atoms with van der Waals surface area (Å²) in [5, 5.41) is 9.66. The lowest BCUT2D eigenvalue weighted by Gasteiger charge is -2.05. The summed E-state index contributed by atoms with van der Waals surface area (Å²) in [6.07, 6.45) is 9.01. The SMILES string of the molecule is C=Cc1ccc(OC(O)=C2C=CC=C2)cc1. The van der Waals surface area contributed by atoms with Gasteiger partial charge in [-0.05, 0) is 29.8 Å². The second-order valence-corrected chi connectivity index (χ2v) is 3.35. The number of benzene rings is 1. The molecule has 0 spiro atoms. The van der Waals surface area contributed by atoms with Crippen molar-refractivity contribution in [3.05, 3.63) is 72.2 Å². The minimum Gasteiger partial charge on any atom is -0.480 e. The van der Waals surface area contributed by atoms with Crippen molar-refractivity contribution in [3.63, 3.8) is 0 Å². The highest BCUT2D eigenvalue weighted by Crippen LogP contribution is 2.18. The van der Waals surface area contributed by atoms with Crippen molar-refractivity contribution < 1.29 is 9.84 Å². The molecule has 0 atom stereocenters. The van der Waals surface area contributed by atoms with E-state index in [4.69, 9.17) is 4.74 Å². The molecular formula is C14H12O2. The molecule has 16 heavy (non-hydrogen) atoms. The molecule has 0 heterocycles. The van der Waals surface area contributed by atoms with E-state index in [2.05, 4.69) is 6.58 Å². The van der Waals surface area contributed by atoms with Gasteiger partial charge in [0.15, 0.2) is 0 Å². The van der Waals surface area contributed by atoms with E-state index < -0.39 is 0 Å². The van der Waals surface area contributed by atoms with Crippen LogP contribution in [0.5, 0.6) is 5.75 Å². The molecule has 0 radical (unpaired) electrons. The molecule has 1 aliphatic carbocycles. The Morgan fingerprint density at radius 3 is 2.31 bits per heavy atom. The van der Waals surface area contributed by atoms with Crippen LogP contribution < -0.4 is 4.74 Å². The standard InChI is InChI=1S/C14H12O2/c1-2-11-7-9-13(10-8-11)16-14(15)12-5-3-4-6-12/h2-10,15H,1H2. The molecule has 80 valence electrons. The van der Waals surface area contributed by atoms with Crippen molar-refractivity contribution in [2.45, 2.75) is 0 Å². The molecule has 1 aliphatic rings. The van der Waals surface area contributed by atoms with Gasteiger partial charge in [-0.25, -0.2) is 0 Å². The highest BCUT2D eigenvalue weighted by molar-refractivity contribution is 5.48. The summed E-state index contributed by atoms with van der Waals surface area (Å²) in [7, 11) is 0. The summed E-state index contributed by atoms with van der Waals surface area (Å²) < 4.78 is 5.30. The van der Waals surface area contributed by atoms with Gasteiger partial charge in [0.2, 0.25) is 0 Å². The number of aliphatic hydroxyl groups is 1. The second-order valence-electron chi connectivity index (χ2n) is 3.35. The fraction of sp³-hybridized carbons (Fsp3) is 0. The third-order valence-electron chi connectivity index (χ3n) is 2.24. The van der Waals surface area contributed by atoms with Crippen molar-refractivity contribution in [2.24, 2.45) is 0 Å². The van der Waals surface area contributed by atoms with E-state index in [1.54, 1.807) is 30.4 Å². The van der Waals surface area contributed by atoms with E-state index in [1.807, 2.05) is 24.3 Å². The van der Waals surface area contributed by atoms with Crippen LogP contribution in [-0.2, 0) is 0 Å². The van der Waals surface area contributed by atoms with Crippen molar-refractivity contribution in [2.75, 3.05) is 0 Å². The second kappa shape index (κ2) is 4.53. The zero-order chi connectivity index (χ0) is 11.4. The molecule has 0 bridgehead atoms. The number of allylic oxidation sites excluding steroid dienone is 5. The van der Waals surface area contributed by atoms with Gasteiger partial charge in [-0.3, -0.25) is 0 Å². The Bertz CT molecular complexity index is 462. The van der Waals surface area contributed by atoms with Gasteiger partial charge in [0.25, 0.3) is 5.95 Å². The lowest BCUT2D eigenvalue weighted by Crippen LogP contribution is -1.96. The van der Waals surface area contributed by atoms with Crippen molar-refractivity contribution in [1.82, 2.24) is 0 Å². The summed E-state index contributed by atoms with van der Waals surface area (Å²) in [5.74, 6) is 0.514. The predicted molar refractivity (Wildman–Crippen MR) is 65.1 cm³/mol. The number of rotatable bonds is 3. The van der Waals surface area contributed by atoms with Crippen LogP contribution in [0.2, 0.25) is 0 Å². The van der Waals surface area contributed by atoms with Gasteiger partial charge >= 0.3 is 0 Å². The van der Waals surface area contributed by atoms with Crippen LogP contribution in [0.25, 0.3) is 6.08 Å². The Morgan fingerprint density at radius 1 is 1.12 bits per heavy atom. The smallest absolute Gasteiger partial charge is 0.289 e. The van der Waals surface area contributed by atoms with Gasteiger partial charge in [0.1, 0.15) is 5.75 Å². The van der Waals surface area contributed by atoms with Crippen LogP contribution in [0.4, 0.5) is 0 Å². The molecule has 0 saturated heterocycles. The fourth-order valence-corrected chi connectivity index (χ4v) is 1.36. The Morgan fingerprint density at radius 2 is 1.75 bits per heavy atom. The molecule has 0 unspecified atom stereocenters. The highest BCUT2D eigenvalue weighted by atomic mass is 16.6. The highest BCUT2D eigenvalue weighted by Gasteiger charge is 2.04. The third-order valence-corrected chi connectivity index (χ3v) is 2.24. The molecule has 0 amide bonds. The molecule has 2 nitrogen and oxygen atoms in total. The van der Waals surface area contributed by atoms with E-state index in [-0.39, 0.29) is 5.95 Å². The molecule has 1 aromatic carbocycles. The fourth-order valence-electron chi connectivity index (χ4n) is 1.36. The van der Waals surface area contributed by atoms with Gasteiger partial charge in [-0.2, -0.15) is 0 Å². The van der Waals surface area contributed by atoms with Crippen LogP contribution in [0.3, 0.4) is 0 Å². The predicted octanol–water partition coefficient (Wildman–Crippen LogP) is 3.60. The number of hydrogen-bond donors (Lipinski definition) is 1. The van der Waals surface area contributed by atoms with E-state index in [0.29, 0.717) is 11.3 Å². The van der Waals surface area contributed by atoms with Crippen LogP contribution in [0, 0.1) is 0 Å². The molecule has 2 rings (SSSR count). The topological polar surface area (TPSA) is 29.5 Å². The summed E-state index contributed by atoms with van der Waals surface area (Å²) in [5.41, 5.74) is 1.69. The lowest BCUT2D eigenvalue weighted by molar-refractivity contribution is 0.206. The number of aliphatic hydroxyl groups excluding tert-OH is 1. The quantitative estimate of drug-likeness (QED) is 0.775. The monoisotopic (exact) mass is 212 g/mol. The summed E-state index contributed by atoms with van der Waals surface area (Å²) in [4.78, 5) is 0. The van der Waals surface area contributed by atoms with Crippen LogP contribution in [0.1, 0.15) is 5.56 Å². The molecular weight excluding hydrogens is 200 g/mol. The average Bonchev–Trinajstić information content (AvgIpc) is 2.83. The Labute approximate surface area is 94.5 Å². The maximum absolute atomic E-state index is 9.66. The lowest BCUT2D eigenvalue weighted by atomic mass is 10.2. The van der Waals surface area contributed by atoms with E-state index in [1.165, 1.54) is 0 Å². The Kier molecular flexibility index (Phi) is 2.92. The molecule has 0 fully saturated rings. The van der Waals surface area contributed by atoms with Crippen LogP contribution in [0.15, 0.2) is 66.7 Å². The van der Waals surface area contributed by atoms with Gasteiger partial charge in [-0.15, -0.1) is 0 Å². The Hall–Kier alpha value is -2.22. The molecule has 1 aromatic rings. The first kappa shape index (κ1) is 10.3. The summed E-state index contributed by atoms with van der Waals surface area (Å²) in [6, 6.07) is 7.33. The molecule has 0 saturated carbocycles. The first-order valence-electron chi connectivity index (χ1n) is 4.98. The van der Waals surface area contributed by atoms with Crippen molar-refractivity contribution in [3.8, 4) is 5.75 Å².